The quantitative estimate of drug-likeness (QED) is 0.748. The second-order valence-electron chi connectivity index (χ2n) is 6.73. The summed E-state index contributed by atoms with van der Waals surface area (Å²) < 4.78 is 2.28. The highest BCUT2D eigenvalue weighted by Crippen LogP contribution is 2.42. The summed E-state index contributed by atoms with van der Waals surface area (Å²) in [5.74, 6) is 1.27. The second-order valence-corrected chi connectivity index (χ2v) is 7.00. The Labute approximate surface area is 130 Å². The standard InChI is InChI=1S/C17H20ClN3/c1-17(2)8-4-6-13(9-17)21-14-7-3-5-12(11-19)16(14)20-15(21)10-18/h3,5,7,13H,4,6,8-10H2,1-2H3. The summed E-state index contributed by atoms with van der Waals surface area (Å²) in [6.45, 7) is 4.67. The van der Waals surface area contributed by atoms with Crippen molar-refractivity contribution >= 4 is 22.6 Å². The minimum absolute atomic E-state index is 0.357. The summed E-state index contributed by atoms with van der Waals surface area (Å²) in [4.78, 5) is 4.63. The first-order chi connectivity index (χ1) is 10.1. The van der Waals surface area contributed by atoms with Gasteiger partial charge in [0.25, 0.3) is 0 Å². The third-order valence-corrected chi connectivity index (χ3v) is 4.82. The van der Waals surface area contributed by atoms with Crippen molar-refractivity contribution in [1.82, 2.24) is 9.55 Å². The summed E-state index contributed by atoms with van der Waals surface area (Å²) >= 11 is 6.12. The molecular weight excluding hydrogens is 282 g/mol. The molecule has 1 unspecified atom stereocenters. The number of imidazole rings is 1. The number of alkyl halides is 1. The van der Waals surface area contributed by atoms with Gasteiger partial charge in [-0.1, -0.05) is 26.3 Å². The van der Waals surface area contributed by atoms with E-state index in [1.165, 1.54) is 12.8 Å². The van der Waals surface area contributed by atoms with E-state index in [2.05, 4.69) is 35.5 Å². The number of halogens is 1. The van der Waals surface area contributed by atoms with Crippen molar-refractivity contribution in [2.24, 2.45) is 5.41 Å². The normalized spacial score (nSPS) is 21.3. The monoisotopic (exact) mass is 301 g/mol. The molecule has 0 N–H and O–H groups in total. The lowest BCUT2D eigenvalue weighted by Crippen LogP contribution is -2.25. The van der Waals surface area contributed by atoms with E-state index in [4.69, 9.17) is 11.6 Å². The number of nitrogens with zero attached hydrogens (tertiary/aromatic N) is 3. The molecule has 0 amide bonds. The zero-order valence-corrected chi connectivity index (χ0v) is 13.3. The maximum atomic E-state index is 9.27. The SMILES string of the molecule is CC1(C)CCCC(n2c(CCl)nc3c(C#N)cccc32)C1. The van der Waals surface area contributed by atoms with Crippen molar-refractivity contribution in [3.8, 4) is 6.07 Å². The molecule has 110 valence electrons. The smallest absolute Gasteiger partial charge is 0.125 e. The van der Waals surface area contributed by atoms with Crippen LogP contribution in [-0.2, 0) is 5.88 Å². The van der Waals surface area contributed by atoms with Gasteiger partial charge in [0.05, 0.1) is 17.0 Å². The number of aromatic nitrogens is 2. The van der Waals surface area contributed by atoms with Crippen molar-refractivity contribution in [1.29, 1.82) is 5.26 Å². The van der Waals surface area contributed by atoms with Gasteiger partial charge in [-0.3, -0.25) is 0 Å². The van der Waals surface area contributed by atoms with E-state index < -0.39 is 0 Å². The van der Waals surface area contributed by atoms with E-state index in [0.717, 1.165) is 29.7 Å². The fourth-order valence-corrected chi connectivity index (χ4v) is 3.82. The van der Waals surface area contributed by atoms with Crippen LogP contribution in [0.15, 0.2) is 18.2 Å². The van der Waals surface area contributed by atoms with Crippen LogP contribution in [0.25, 0.3) is 11.0 Å². The van der Waals surface area contributed by atoms with Crippen molar-refractivity contribution in [3.63, 3.8) is 0 Å². The van der Waals surface area contributed by atoms with Gasteiger partial charge in [-0.15, -0.1) is 11.6 Å². The minimum Gasteiger partial charge on any atom is -0.324 e. The molecule has 21 heavy (non-hydrogen) atoms. The van der Waals surface area contributed by atoms with Crippen LogP contribution in [0.2, 0.25) is 0 Å². The van der Waals surface area contributed by atoms with Crippen molar-refractivity contribution < 1.29 is 0 Å². The van der Waals surface area contributed by atoms with Gasteiger partial charge in [0.15, 0.2) is 0 Å². The molecule has 1 atom stereocenters. The highest BCUT2D eigenvalue weighted by molar-refractivity contribution is 6.16. The maximum Gasteiger partial charge on any atom is 0.125 e. The molecule has 1 aliphatic carbocycles. The predicted octanol–water partition coefficient (Wildman–Crippen LogP) is 4.79. The van der Waals surface area contributed by atoms with Gasteiger partial charge >= 0.3 is 0 Å². The summed E-state index contributed by atoms with van der Waals surface area (Å²) in [5.41, 5.74) is 2.83. The number of benzene rings is 1. The molecule has 0 saturated heterocycles. The molecule has 0 bridgehead atoms. The highest BCUT2D eigenvalue weighted by atomic mass is 35.5. The molecule has 3 rings (SSSR count). The van der Waals surface area contributed by atoms with Gasteiger partial charge in [-0.05, 0) is 36.8 Å². The number of rotatable bonds is 2. The number of nitriles is 1. The Hall–Kier alpha value is -1.53. The van der Waals surface area contributed by atoms with E-state index in [9.17, 15) is 5.26 Å². The largest absolute Gasteiger partial charge is 0.324 e. The topological polar surface area (TPSA) is 41.6 Å². The van der Waals surface area contributed by atoms with Gasteiger partial charge in [-0.2, -0.15) is 5.26 Å². The van der Waals surface area contributed by atoms with E-state index in [1.807, 2.05) is 12.1 Å². The van der Waals surface area contributed by atoms with Gasteiger partial charge in [0.1, 0.15) is 17.4 Å². The summed E-state index contributed by atoms with van der Waals surface area (Å²) in [5, 5.41) is 9.27. The van der Waals surface area contributed by atoms with Crippen LogP contribution in [0.3, 0.4) is 0 Å². The Morgan fingerprint density at radius 3 is 2.95 bits per heavy atom. The molecule has 4 heteroatoms. The van der Waals surface area contributed by atoms with Gasteiger partial charge in [0, 0.05) is 6.04 Å². The molecule has 1 saturated carbocycles. The van der Waals surface area contributed by atoms with Crippen molar-refractivity contribution in [2.75, 3.05) is 0 Å². The third-order valence-electron chi connectivity index (χ3n) is 4.58. The molecule has 1 aromatic heterocycles. The van der Waals surface area contributed by atoms with Crippen LogP contribution < -0.4 is 0 Å². The second kappa shape index (κ2) is 5.35. The average molecular weight is 302 g/mol. The molecule has 0 radical (unpaired) electrons. The highest BCUT2D eigenvalue weighted by Gasteiger charge is 2.31. The van der Waals surface area contributed by atoms with Crippen molar-refractivity contribution in [3.05, 3.63) is 29.6 Å². The Balaban J connectivity index is 2.15. The molecule has 3 nitrogen and oxygen atoms in total. The van der Waals surface area contributed by atoms with Crippen LogP contribution in [-0.4, -0.2) is 9.55 Å². The van der Waals surface area contributed by atoms with Gasteiger partial charge in [0.2, 0.25) is 0 Å². The van der Waals surface area contributed by atoms with E-state index >= 15 is 0 Å². The molecule has 0 spiro atoms. The van der Waals surface area contributed by atoms with Crippen LogP contribution in [0.1, 0.15) is 57.0 Å². The molecule has 1 fully saturated rings. The number of para-hydroxylation sites is 1. The fourth-order valence-electron chi connectivity index (χ4n) is 3.64. The fraction of sp³-hybridized carbons (Fsp3) is 0.529. The molecule has 1 heterocycles. The summed E-state index contributed by atoms with van der Waals surface area (Å²) in [7, 11) is 0. The molecule has 1 aromatic carbocycles. The minimum atomic E-state index is 0.357. The lowest BCUT2D eigenvalue weighted by molar-refractivity contribution is 0.184. The number of hydrogen-bond acceptors (Lipinski definition) is 2. The third kappa shape index (κ3) is 2.53. The lowest BCUT2D eigenvalue weighted by atomic mass is 9.75. The van der Waals surface area contributed by atoms with E-state index in [0.29, 0.717) is 22.9 Å². The zero-order valence-electron chi connectivity index (χ0n) is 12.6. The Morgan fingerprint density at radius 2 is 2.29 bits per heavy atom. The molecule has 2 aromatic rings. The maximum absolute atomic E-state index is 9.27. The van der Waals surface area contributed by atoms with Crippen LogP contribution in [0.4, 0.5) is 0 Å². The van der Waals surface area contributed by atoms with E-state index in [-0.39, 0.29) is 0 Å². The molecule has 0 aliphatic heterocycles. The van der Waals surface area contributed by atoms with Gasteiger partial charge in [-0.25, -0.2) is 4.98 Å². The number of hydrogen-bond donors (Lipinski definition) is 0. The number of fused-ring (bicyclic) bond motifs is 1. The molecular formula is C17H20ClN3. The van der Waals surface area contributed by atoms with E-state index in [1.54, 1.807) is 0 Å². The Morgan fingerprint density at radius 1 is 1.48 bits per heavy atom. The first-order valence-electron chi connectivity index (χ1n) is 7.51. The zero-order chi connectivity index (χ0) is 15.0. The van der Waals surface area contributed by atoms with Crippen LogP contribution in [0, 0.1) is 16.7 Å². The predicted molar refractivity (Wildman–Crippen MR) is 85.3 cm³/mol. The Kier molecular flexibility index (Phi) is 3.67. The molecule has 1 aliphatic rings. The Bertz CT molecular complexity index is 709. The van der Waals surface area contributed by atoms with Gasteiger partial charge < -0.3 is 4.57 Å². The first-order valence-corrected chi connectivity index (χ1v) is 8.05. The van der Waals surface area contributed by atoms with Crippen LogP contribution >= 0.6 is 11.6 Å². The average Bonchev–Trinajstić information content (AvgIpc) is 2.84. The van der Waals surface area contributed by atoms with Crippen LogP contribution in [0.5, 0.6) is 0 Å². The summed E-state index contributed by atoms with van der Waals surface area (Å²) in [6, 6.07) is 8.48. The lowest BCUT2D eigenvalue weighted by Gasteiger charge is -2.36. The first kappa shape index (κ1) is 14.4. The summed E-state index contributed by atoms with van der Waals surface area (Å²) in [6.07, 6.45) is 4.81. The van der Waals surface area contributed by atoms with Crippen molar-refractivity contribution in [2.45, 2.75) is 51.5 Å².